The zero-order chi connectivity index (χ0) is 14.8. The van der Waals surface area contributed by atoms with Gasteiger partial charge in [0.05, 0.1) is 12.6 Å². The van der Waals surface area contributed by atoms with Gasteiger partial charge < -0.3 is 15.2 Å². The average Bonchev–Trinajstić information content (AvgIpc) is 2.86. The predicted molar refractivity (Wildman–Crippen MR) is 83.9 cm³/mol. The maximum Gasteiger partial charge on any atom is 0.123 e. The molecule has 3 nitrogen and oxygen atoms in total. The molecule has 0 aromatic heterocycles. The summed E-state index contributed by atoms with van der Waals surface area (Å²) in [6.07, 6.45) is 1.22. The van der Waals surface area contributed by atoms with Crippen molar-refractivity contribution in [1.29, 1.82) is 0 Å². The second-order valence-electron chi connectivity index (χ2n) is 5.48. The highest BCUT2D eigenvalue weighted by atomic mass is 16.5. The first-order valence-electron chi connectivity index (χ1n) is 7.45. The second-order valence-corrected chi connectivity index (χ2v) is 5.48. The quantitative estimate of drug-likeness (QED) is 0.934. The van der Waals surface area contributed by atoms with Gasteiger partial charge in [0, 0.05) is 6.42 Å². The van der Waals surface area contributed by atoms with Crippen LogP contribution in [0.25, 0.3) is 0 Å². The van der Waals surface area contributed by atoms with Gasteiger partial charge in [-0.2, -0.15) is 0 Å². The number of rotatable bonds is 4. The van der Waals surface area contributed by atoms with Crippen molar-refractivity contribution >= 4 is 0 Å². The summed E-state index contributed by atoms with van der Waals surface area (Å²) in [5.41, 5.74) is 9.85. The molecule has 2 N–H and O–H groups in total. The SMILES string of the molecule is CCOc1ccc(C(N)c2ccc3c(c2)CC(C)O3)cc1. The van der Waals surface area contributed by atoms with E-state index in [1.165, 1.54) is 5.56 Å². The van der Waals surface area contributed by atoms with Crippen molar-refractivity contribution in [2.24, 2.45) is 5.73 Å². The molecule has 1 aliphatic heterocycles. The molecule has 2 aromatic carbocycles. The van der Waals surface area contributed by atoms with Gasteiger partial charge in [0.2, 0.25) is 0 Å². The molecule has 0 amide bonds. The Kier molecular flexibility index (Phi) is 3.84. The van der Waals surface area contributed by atoms with Gasteiger partial charge in [-0.1, -0.05) is 24.3 Å². The molecule has 0 radical (unpaired) electrons. The van der Waals surface area contributed by atoms with Crippen LogP contribution in [0.2, 0.25) is 0 Å². The summed E-state index contributed by atoms with van der Waals surface area (Å²) in [5.74, 6) is 1.87. The van der Waals surface area contributed by atoms with Gasteiger partial charge in [0.15, 0.2) is 0 Å². The van der Waals surface area contributed by atoms with E-state index in [1.807, 2.05) is 37.3 Å². The van der Waals surface area contributed by atoms with Gasteiger partial charge >= 0.3 is 0 Å². The summed E-state index contributed by atoms with van der Waals surface area (Å²) in [7, 11) is 0. The van der Waals surface area contributed by atoms with E-state index in [2.05, 4.69) is 19.1 Å². The van der Waals surface area contributed by atoms with Gasteiger partial charge in [-0.15, -0.1) is 0 Å². The maximum absolute atomic E-state index is 6.39. The van der Waals surface area contributed by atoms with Crippen molar-refractivity contribution in [3.8, 4) is 11.5 Å². The van der Waals surface area contributed by atoms with Crippen molar-refractivity contribution in [1.82, 2.24) is 0 Å². The number of benzene rings is 2. The molecule has 0 aliphatic carbocycles. The molecule has 3 rings (SSSR count). The Labute approximate surface area is 125 Å². The molecular formula is C18H21NO2. The van der Waals surface area contributed by atoms with Gasteiger partial charge in [-0.25, -0.2) is 0 Å². The minimum atomic E-state index is -0.123. The molecule has 0 bridgehead atoms. The third-order valence-electron chi connectivity index (χ3n) is 3.83. The molecule has 21 heavy (non-hydrogen) atoms. The molecule has 2 aromatic rings. The Morgan fingerprint density at radius 1 is 1.19 bits per heavy atom. The van der Waals surface area contributed by atoms with Crippen LogP contribution in [0, 0.1) is 0 Å². The van der Waals surface area contributed by atoms with Crippen LogP contribution in [0.4, 0.5) is 0 Å². The normalized spacial score (nSPS) is 18.0. The topological polar surface area (TPSA) is 44.5 Å². The van der Waals surface area contributed by atoms with E-state index in [-0.39, 0.29) is 12.1 Å². The lowest BCUT2D eigenvalue weighted by atomic mass is 9.97. The summed E-state index contributed by atoms with van der Waals surface area (Å²) in [6, 6.07) is 14.1. The lowest BCUT2D eigenvalue weighted by Crippen LogP contribution is -2.12. The zero-order valence-electron chi connectivity index (χ0n) is 12.5. The van der Waals surface area contributed by atoms with E-state index in [9.17, 15) is 0 Å². The highest BCUT2D eigenvalue weighted by Gasteiger charge is 2.20. The van der Waals surface area contributed by atoms with Crippen molar-refractivity contribution < 1.29 is 9.47 Å². The van der Waals surface area contributed by atoms with Crippen LogP contribution < -0.4 is 15.2 Å². The van der Waals surface area contributed by atoms with Gasteiger partial charge in [0.1, 0.15) is 17.6 Å². The molecule has 110 valence electrons. The Morgan fingerprint density at radius 3 is 2.62 bits per heavy atom. The Bertz CT molecular complexity index is 622. The lowest BCUT2D eigenvalue weighted by Gasteiger charge is -2.14. The van der Waals surface area contributed by atoms with Crippen LogP contribution in [-0.2, 0) is 6.42 Å². The Hall–Kier alpha value is -2.00. The zero-order valence-corrected chi connectivity index (χ0v) is 12.5. The number of nitrogens with two attached hydrogens (primary N) is 1. The van der Waals surface area contributed by atoms with Crippen molar-refractivity contribution in [3.63, 3.8) is 0 Å². The molecule has 3 heteroatoms. The highest BCUT2D eigenvalue weighted by molar-refractivity contribution is 5.44. The standard InChI is InChI=1S/C18H21NO2/c1-3-20-16-7-4-13(5-8-16)18(19)14-6-9-17-15(11-14)10-12(2)21-17/h4-9,11-12,18H,3,10,19H2,1-2H3. The van der Waals surface area contributed by atoms with Gasteiger partial charge in [0.25, 0.3) is 0 Å². The summed E-state index contributed by atoms with van der Waals surface area (Å²) < 4.78 is 11.2. The highest BCUT2D eigenvalue weighted by Crippen LogP contribution is 2.32. The Balaban J connectivity index is 1.82. The van der Waals surface area contributed by atoms with Gasteiger partial charge in [-0.3, -0.25) is 0 Å². The first-order chi connectivity index (χ1) is 10.2. The number of hydrogen-bond acceptors (Lipinski definition) is 3. The summed E-state index contributed by atoms with van der Waals surface area (Å²) >= 11 is 0. The summed E-state index contributed by atoms with van der Waals surface area (Å²) in [6.45, 7) is 4.74. The summed E-state index contributed by atoms with van der Waals surface area (Å²) in [5, 5.41) is 0. The molecule has 1 aliphatic rings. The molecule has 0 saturated heterocycles. The molecule has 0 spiro atoms. The molecule has 1 heterocycles. The smallest absolute Gasteiger partial charge is 0.123 e. The third-order valence-corrected chi connectivity index (χ3v) is 3.83. The predicted octanol–water partition coefficient (Wildman–Crippen LogP) is 3.46. The number of ether oxygens (including phenoxy) is 2. The molecule has 0 fully saturated rings. The van der Waals surface area contributed by atoms with Crippen LogP contribution in [0.15, 0.2) is 42.5 Å². The lowest BCUT2D eigenvalue weighted by molar-refractivity contribution is 0.254. The fraction of sp³-hybridized carbons (Fsp3) is 0.333. The largest absolute Gasteiger partial charge is 0.494 e. The van der Waals surface area contributed by atoms with Crippen LogP contribution >= 0.6 is 0 Å². The van der Waals surface area contributed by atoms with E-state index in [0.29, 0.717) is 6.61 Å². The monoisotopic (exact) mass is 283 g/mol. The van der Waals surface area contributed by atoms with Crippen molar-refractivity contribution in [2.75, 3.05) is 6.61 Å². The van der Waals surface area contributed by atoms with Crippen LogP contribution in [-0.4, -0.2) is 12.7 Å². The molecular weight excluding hydrogens is 262 g/mol. The second kappa shape index (κ2) is 5.78. The van der Waals surface area contributed by atoms with Crippen molar-refractivity contribution in [3.05, 3.63) is 59.2 Å². The van der Waals surface area contributed by atoms with E-state index < -0.39 is 0 Å². The maximum atomic E-state index is 6.39. The molecule has 2 unspecified atom stereocenters. The van der Waals surface area contributed by atoms with E-state index in [0.717, 1.165) is 29.0 Å². The first-order valence-corrected chi connectivity index (χ1v) is 7.45. The number of hydrogen-bond donors (Lipinski definition) is 1. The fourth-order valence-corrected chi connectivity index (χ4v) is 2.77. The van der Waals surface area contributed by atoms with Crippen LogP contribution in [0.3, 0.4) is 0 Å². The molecule has 0 saturated carbocycles. The summed E-state index contributed by atoms with van der Waals surface area (Å²) in [4.78, 5) is 0. The minimum Gasteiger partial charge on any atom is -0.494 e. The van der Waals surface area contributed by atoms with E-state index in [1.54, 1.807) is 0 Å². The first kappa shape index (κ1) is 14.0. The minimum absolute atomic E-state index is 0.123. The van der Waals surface area contributed by atoms with E-state index >= 15 is 0 Å². The van der Waals surface area contributed by atoms with Crippen LogP contribution in [0.5, 0.6) is 11.5 Å². The number of fused-ring (bicyclic) bond motifs is 1. The average molecular weight is 283 g/mol. The Morgan fingerprint density at radius 2 is 1.90 bits per heavy atom. The fourth-order valence-electron chi connectivity index (χ4n) is 2.77. The van der Waals surface area contributed by atoms with Crippen LogP contribution in [0.1, 0.15) is 36.6 Å². The van der Waals surface area contributed by atoms with Gasteiger partial charge in [-0.05, 0) is 48.7 Å². The van der Waals surface area contributed by atoms with E-state index in [4.69, 9.17) is 15.2 Å². The molecule has 2 atom stereocenters. The third kappa shape index (κ3) is 2.88. The van der Waals surface area contributed by atoms with Crippen molar-refractivity contribution in [2.45, 2.75) is 32.4 Å².